The van der Waals surface area contributed by atoms with Gasteiger partial charge in [-0.3, -0.25) is 0 Å². The number of alkyl halides is 6. The lowest BCUT2D eigenvalue weighted by Gasteiger charge is -2.20. The minimum absolute atomic E-state index is 0.0626. The molecule has 0 heterocycles. The summed E-state index contributed by atoms with van der Waals surface area (Å²) in [4.78, 5) is 11.0. The third kappa shape index (κ3) is 5.63. The number of carboxylic acid groups (broad SMARTS) is 1. The number of aromatic carboxylic acids is 1. The number of hydrogen-bond donors (Lipinski definition) is 1. The highest BCUT2D eigenvalue weighted by atomic mass is 35.5. The Morgan fingerprint density at radius 3 is 2.12 bits per heavy atom. The van der Waals surface area contributed by atoms with E-state index in [2.05, 4.69) is 6.58 Å². The molecule has 0 saturated heterocycles. The first-order valence-electron chi connectivity index (χ1n) is 8.57. The number of carboxylic acids is 1. The summed E-state index contributed by atoms with van der Waals surface area (Å²) in [5.74, 6) is -6.16. The van der Waals surface area contributed by atoms with Crippen LogP contribution >= 0.6 is 23.2 Å². The number of rotatable bonds is 5. The summed E-state index contributed by atoms with van der Waals surface area (Å²) in [5.41, 5.74) is -3.90. The number of halogens is 9. The van der Waals surface area contributed by atoms with Crippen LogP contribution in [0.2, 0.25) is 10.0 Å². The van der Waals surface area contributed by atoms with Crippen LogP contribution in [0.25, 0.3) is 11.4 Å². The Bertz CT molecular complexity index is 1100. The van der Waals surface area contributed by atoms with E-state index >= 15 is 0 Å². The Balaban J connectivity index is 2.67. The SMILES string of the molecule is C=C(C)c1cc(C(/C=C(\F)c2ccc(C(=O)O)c(C(F)(F)F)c2)C(F)(F)F)cc(Cl)c1Cl. The van der Waals surface area contributed by atoms with Crippen LogP contribution in [-0.2, 0) is 6.18 Å². The zero-order valence-corrected chi connectivity index (χ0v) is 17.5. The van der Waals surface area contributed by atoms with Gasteiger partial charge in [0.1, 0.15) is 11.7 Å². The number of hydrogen-bond acceptors (Lipinski definition) is 1. The molecule has 2 rings (SSSR count). The Morgan fingerprint density at radius 2 is 1.66 bits per heavy atom. The molecule has 0 aliphatic heterocycles. The first kappa shape index (κ1) is 25.7. The van der Waals surface area contributed by atoms with Gasteiger partial charge in [0.05, 0.1) is 21.2 Å². The standard InChI is InChI=1S/C21H13Cl2F7O2/c1-9(2)13-5-11(7-16(22)18(13)23)14(20(25,26)27)8-17(24)10-3-4-12(19(31)32)15(6-10)21(28,29)30/h3-8,14H,1H2,2H3,(H,31,32)/b17-8-. The molecule has 32 heavy (non-hydrogen) atoms. The van der Waals surface area contributed by atoms with Crippen molar-refractivity contribution in [3.63, 3.8) is 0 Å². The van der Waals surface area contributed by atoms with Gasteiger partial charge in [0, 0.05) is 5.56 Å². The fourth-order valence-electron chi connectivity index (χ4n) is 2.84. The molecule has 0 radical (unpaired) electrons. The van der Waals surface area contributed by atoms with Crippen LogP contribution < -0.4 is 0 Å². The van der Waals surface area contributed by atoms with Gasteiger partial charge in [-0.1, -0.05) is 35.8 Å². The average Bonchev–Trinajstić information content (AvgIpc) is 2.65. The maximum Gasteiger partial charge on any atom is 0.417 e. The summed E-state index contributed by atoms with van der Waals surface area (Å²) in [7, 11) is 0. The zero-order valence-electron chi connectivity index (χ0n) is 16.0. The predicted octanol–water partition coefficient (Wildman–Crippen LogP) is 8.40. The molecule has 2 nitrogen and oxygen atoms in total. The van der Waals surface area contributed by atoms with E-state index in [4.69, 9.17) is 28.3 Å². The van der Waals surface area contributed by atoms with Crippen LogP contribution in [0, 0.1) is 0 Å². The van der Waals surface area contributed by atoms with E-state index in [1.54, 1.807) is 0 Å². The highest BCUT2D eigenvalue weighted by Gasteiger charge is 2.41. The topological polar surface area (TPSA) is 37.3 Å². The van der Waals surface area contributed by atoms with E-state index < -0.39 is 52.3 Å². The first-order chi connectivity index (χ1) is 14.5. The van der Waals surface area contributed by atoms with Crippen molar-refractivity contribution >= 4 is 40.6 Å². The summed E-state index contributed by atoms with van der Waals surface area (Å²) in [6.07, 6.45) is -10.1. The van der Waals surface area contributed by atoms with E-state index in [9.17, 15) is 35.5 Å². The Hall–Kier alpha value is -2.52. The van der Waals surface area contributed by atoms with E-state index in [1.165, 1.54) is 6.92 Å². The summed E-state index contributed by atoms with van der Waals surface area (Å²) in [6.45, 7) is 5.05. The molecule has 0 spiro atoms. The smallest absolute Gasteiger partial charge is 0.417 e. The Kier molecular flexibility index (Phi) is 7.36. The maximum atomic E-state index is 14.7. The van der Waals surface area contributed by atoms with Gasteiger partial charge in [-0.15, -0.1) is 0 Å². The van der Waals surface area contributed by atoms with Crippen molar-refractivity contribution in [2.75, 3.05) is 0 Å². The maximum absolute atomic E-state index is 14.7. The number of allylic oxidation sites excluding steroid dienone is 2. The predicted molar refractivity (Wildman–Crippen MR) is 107 cm³/mol. The quantitative estimate of drug-likeness (QED) is 0.418. The van der Waals surface area contributed by atoms with E-state index in [0.29, 0.717) is 12.1 Å². The summed E-state index contributed by atoms with van der Waals surface area (Å²) >= 11 is 11.9. The molecule has 2 aromatic rings. The monoisotopic (exact) mass is 500 g/mol. The summed E-state index contributed by atoms with van der Waals surface area (Å²) in [5, 5.41) is 8.57. The highest BCUT2D eigenvalue weighted by molar-refractivity contribution is 6.43. The fourth-order valence-corrected chi connectivity index (χ4v) is 3.33. The van der Waals surface area contributed by atoms with Gasteiger partial charge in [0.25, 0.3) is 0 Å². The highest BCUT2D eigenvalue weighted by Crippen LogP contribution is 2.42. The van der Waals surface area contributed by atoms with Crippen molar-refractivity contribution in [3.05, 3.63) is 80.8 Å². The third-order valence-corrected chi connectivity index (χ3v) is 5.17. The van der Waals surface area contributed by atoms with E-state index in [1.807, 2.05) is 0 Å². The molecule has 1 N–H and O–H groups in total. The fraction of sp³-hybridized carbons (Fsp3) is 0.190. The van der Waals surface area contributed by atoms with Crippen molar-refractivity contribution in [1.29, 1.82) is 0 Å². The second kappa shape index (κ2) is 9.15. The molecule has 2 aromatic carbocycles. The first-order valence-corrected chi connectivity index (χ1v) is 9.33. The molecule has 1 unspecified atom stereocenters. The van der Waals surface area contributed by atoms with Gasteiger partial charge in [-0.25, -0.2) is 9.18 Å². The molecule has 1 atom stereocenters. The van der Waals surface area contributed by atoms with Crippen LogP contribution in [-0.4, -0.2) is 17.3 Å². The summed E-state index contributed by atoms with van der Waals surface area (Å²) in [6, 6.07) is 3.12. The van der Waals surface area contributed by atoms with Crippen molar-refractivity contribution in [3.8, 4) is 0 Å². The van der Waals surface area contributed by atoms with E-state index in [-0.39, 0.29) is 33.3 Å². The van der Waals surface area contributed by atoms with Gasteiger partial charge >= 0.3 is 18.3 Å². The lowest BCUT2D eigenvalue weighted by Crippen LogP contribution is -2.19. The molecular formula is C21H13Cl2F7O2. The molecular weight excluding hydrogens is 488 g/mol. The summed E-state index contributed by atoms with van der Waals surface area (Å²) < 4.78 is 95.3. The van der Waals surface area contributed by atoms with Crippen molar-refractivity contribution in [2.24, 2.45) is 0 Å². The molecule has 172 valence electrons. The van der Waals surface area contributed by atoms with E-state index in [0.717, 1.165) is 12.1 Å². The molecule has 0 saturated carbocycles. The van der Waals surface area contributed by atoms with Crippen LogP contribution in [0.3, 0.4) is 0 Å². The van der Waals surface area contributed by atoms with Gasteiger partial charge in [0.15, 0.2) is 0 Å². The molecule has 0 bridgehead atoms. The molecule has 11 heteroatoms. The van der Waals surface area contributed by atoms with Crippen LogP contribution in [0.5, 0.6) is 0 Å². The second-order valence-corrected chi connectivity index (χ2v) is 7.53. The van der Waals surface area contributed by atoms with Crippen molar-refractivity contribution in [1.82, 2.24) is 0 Å². The molecule has 0 fully saturated rings. The normalized spacial score (nSPS) is 13.8. The lowest BCUT2D eigenvalue weighted by molar-refractivity contribution is -0.140. The Labute approximate surface area is 187 Å². The number of carbonyl (C=O) groups is 1. The van der Waals surface area contributed by atoms with Gasteiger partial charge in [0.2, 0.25) is 0 Å². The third-order valence-electron chi connectivity index (χ3n) is 4.37. The zero-order chi connectivity index (χ0) is 24.6. The van der Waals surface area contributed by atoms with Gasteiger partial charge in [-0.2, -0.15) is 26.3 Å². The average molecular weight is 501 g/mol. The van der Waals surface area contributed by atoms with Gasteiger partial charge < -0.3 is 5.11 Å². The minimum atomic E-state index is -5.17. The molecule has 0 aliphatic rings. The minimum Gasteiger partial charge on any atom is -0.478 e. The van der Waals surface area contributed by atoms with Crippen molar-refractivity contribution in [2.45, 2.75) is 25.2 Å². The number of benzene rings is 2. The van der Waals surface area contributed by atoms with Crippen molar-refractivity contribution < 1.29 is 40.6 Å². The molecule has 0 aromatic heterocycles. The lowest BCUT2D eigenvalue weighted by atomic mass is 9.93. The van der Waals surface area contributed by atoms with Gasteiger partial charge in [-0.05, 0) is 54.0 Å². The second-order valence-electron chi connectivity index (χ2n) is 6.74. The molecule has 0 amide bonds. The van der Waals surface area contributed by atoms with Crippen LogP contribution in [0.15, 0.2) is 43.0 Å². The van der Waals surface area contributed by atoms with Crippen LogP contribution in [0.4, 0.5) is 30.7 Å². The Morgan fingerprint density at radius 1 is 1.06 bits per heavy atom. The van der Waals surface area contributed by atoms with Crippen LogP contribution in [0.1, 0.15) is 45.5 Å². The largest absolute Gasteiger partial charge is 0.478 e. The molecule has 0 aliphatic carbocycles.